The summed E-state index contributed by atoms with van der Waals surface area (Å²) in [5, 5.41) is 0. The van der Waals surface area contributed by atoms with E-state index in [1.807, 2.05) is 0 Å². The Morgan fingerprint density at radius 2 is 1.20 bits per heavy atom. The lowest BCUT2D eigenvalue weighted by molar-refractivity contribution is -0.0918. The first-order valence-corrected chi connectivity index (χ1v) is 15.6. The molecule has 3 aliphatic carbocycles. The maximum atomic E-state index is 6.38. The predicted octanol–water partition coefficient (Wildman–Crippen LogP) is 9.89. The second kappa shape index (κ2) is 14.1. The second-order valence-corrected chi connectivity index (χ2v) is 12.0. The van der Waals surface area contributed by atoms with Gasteiger partial charge in [-0.1, -0.05) is 76.8 Å². The van der Waals surface area contributed by atoms with Gasteiger partial charge in [-0.3, -0.25) is 0 Å². The molecular formula is C33H54O2. The third-order valence-corrected chi connectivity index (χ3v) is 10.1. The summed E-state index contributed by atoms with van der Waals surface area (Å²) in [5.74, 6) is 3.86. The molecule has 3 saturated carbocycles. The molecule has 1 unspecified atom stereocenters. The van der Waals surface area contributed by atoms with E-state index in [1.165, 1.54) is 115 Å². The van der Waals surface area contributed by atoms with Crippen LogP contribution in [0.15, 0.2) is 24.3 Å². The first kappa shape index (κ1) is 27.0. The molecule has 3 aliphatic rings. The third-order valence-electron chi connectivity index (χ3n) is 10.1. The van der Waals surface area contributed by atoms with Crippen LogP contribution in [-0.4, -0.2) is 12.9 Å². The van der Waals surface area contributed by atoms with Crippen LogP contribution in [0.1, 0.15) is 135 Å². The maximum Gasteiger partial charge on any atom is 0.199 e. The summed E-state index contributed by atoms with van der Waals surface area (Å²) in [7, 11) is 0. The molecule has 1 atom stereocenters. The fourth-order valence-electron chi connectivity index (χ4n) is 8.43. The molecule has 0 N–H and O–H groups in total. The van der Waals surface area contributed by atoms with Crippen molar-refractivity contribution in [2.24, 2.45) is 23.2 Å². The van der Waals surface area contributed by atoms with Gasteiger partial charge in [0.05, 0.1) is 0 Å². The molecule has 2 heteroatoms. The summed E-state index contributed by atoms with van der Waals surface area (Å²) in [6.07, 6.45) is 26.9. The molecule has 0 spiro atoms. The average Bonchev–Trinajstić information content (AvgIpc) is 2.93. The van der Waals surface area contributed by atoms with Gasteiger partial charge >= 0.3 is 0 Å². The smallest absolute Gasteiger partial charge is 0.199 e. The van der Waals surface area contributed by atoms with Crippen LogP contribution in [-0.2, 0) is 11.2 Å². The first-order valence-electron chi connectivity index (χ1n) is 15.6. The topological polar surface area (TPSA) is 18.5 Å². The molecular weight excluding hydrogens is 428 g/mol. The lowest BCUT2D eigenvalue weighted by Gasteiger charge is -2.55. The summed E-state index contributed by atoms with van der Waals surface area (Å²) < 4.78 is 12.5. The molecule has 2 nitrogen and oxygen atoms in total. The van der Waals surface area contributed by atoms with Crippen molar-refractivity contribution in [3.63, 3.8) is 0 Å². The highest BCUT2D eigenvalue weighted by molar-refractivity contribution is 5.27. The van der Waals surface area contributed by atoms with E-state index in [-0.39, 0.29) is 6.29 Å². The van der Waals surface area contributed by atoms with Gasteiger partial charge in [0.2, 0.25) is 0 Å². The summed E-state index contributed by atoms with van der Waals surface area (Å²) in [6.45, 7) is 5.03. The van der Waals surface area contributed by atoms with Gasteiger partial charge in [0, 0.05) is 13.0 Å². The second-order valence-electron chi connectivity index (χ2n) is 12.0. The summed E-state index contributed by atoms with van der Waals surface area (Å²) >= 11 is 0. The van der Waals surface area contributed by atoms with Crippen molar-refractivity contribution >= 4 is 0 Å². The Bertz CT molecular complexity index is 647. The van der Waals surface area contributed by atoms with Gasteiger partial charge in [-0.15, -0.1) is 0 Å². The van der Waals surface area contributed by atoms with Crippen molar-refractivity contribution in [3.8, 4) is 5.75 Å². The fourth-order valence-corrected chi connectivity index (χ4v) is 8.43. The molecule has 1 aromatic rings. The van der Waals surface area contributed by atoms with Crippen LogP contribution in [0.5, 0.6) is 5.75 Å². The summed E-state index contributed by atoms with van der Waals surface area (Å²) in [4.78, 5) is 0. The van der Waals surface area contributed by atoms with E-state index in [2.05, 4.69) is 38.1 Å². The zero-order chi connectivity index (χ0) is 24.3. The quantitative estimate of drug-likeness (QED) is 0.276. The van der Waals surface area contributed by atoms with Gasteiger partial charge in [-0.25, -0.2) is 0 Å². The van der Waals surface area contributed by atoms with Crippen LogP contribution in [0.2, 0.25) is 0 Å². The van der Waals surface area contributed by atoms with Gasteiger partial charge in [0.25, 0.3) is 0 Å². The minimum Gasteiger partial charge on any atom is -0.465 e. The van der Waals surface area contributed by atoms with Crippen LogP contribution in [0, 0.1) is 23.2 Å². The molecule has 0 heterocycles. The van der Waals surface area contributed by atoms with Crippen molar-refractivity contribution in [2.75, 3.05) is 6.61 Å². The Hall–Kier alpha value is -1.02. The molecule has 198 valence electrons. The van der Waals surface area contributed by atoms with Gasteiger partial charge in [-0.2, -0.15) is 0 Å². The van der Waals surface area contributed by atoms with Gasteiger partial charge in [0.1, 0.15) is 5.75 Å². The van der Waals surface area contributed by atoms with Crippen molar-refractivity contribution in [1.29, 1.82) is 0 Å². The number of hydrogen-bond donors (Lipinski definition) is 0. The Morgan fingerprint density at radius 3 is 1.63 bits per heavy atom. The van der Waals surface area contributed by atoms with Gasteiger partial charge in [0.15, 0.2) is 6.29 Å². The molecule has 0 bridgehead atoms. The van der Waals surface area contributed by atoms with Gasteiger partial charge < -0.3 is 9.47 Å². The molecule has 0 radical (unpaired) electrons. The monoisotopic (exact) mass is 482 g/mol. The average molecular weight is 483 g/mol. The van der Waals surface area contributed by atoms with Crippen LogP contribution >= 0.6 is 0 Å². The van der Waals surface area contributed by atoms with Crippen LogP contribution in [0.3, 0.4) is 0 Å². The Kier molecular flexibility index (Phi) is 10.9. The van der Waals surface area contributed by atoms with Crippen LogP contribution in [0.25, 0.3) is 0 Å². The molecule has 35 heavy (non-hydrogen) atoms. The Balaban J connectivity index is 1.49. The van der Waals surface area contributed by atoms with E-state index in [1.54, 1.807) is 0 Å². The molecule has 0 aliphatic heterocycles. The van der Waals surface area contributed by atoms with Gasteiger partial charge in [-0.05, 0) is 106 Å². The van der Waals surface area contributed by atoms with Crippen molar-refractivity contribution < 1.29 is 9.47 Å². The predicted molar refractivity (Wildman–Crippen MR) is 148 cm³/mol. The highest BCUT2D eigenvalue weighted by atomic mass is 16.7. The van der Waals surface area contributed by atoms with E-state index < -0.39 is 0 Å². The van der Waals surface area contributed by atoms with Crippen LogP contribution in [0.4, 0.5) is 0 Å². The highest BCUT2D eigenvalue weighted by Crippen LogP contribution is 2.59. The molecule has 0 aromatic heterocycles. The fraction of sp³-hybridized carbons (Fsp3) is 0.818. The molecule has 0 saturated heterocycles. The summed E-state index contributed by atoms with van der Waals surface area (Å²) in [6, 6.07) is 8.64. The minimum absolute atomic E-state index is 0.116. The Morgan fingerprint density at radius 1 is 0.714 bits per heavy atom. The van der Waals surface area contributed by atoms with Crippen molar-refractivity contribution in [1.82, 2.24) is 0 Å². The normalized spacial score (nSPS) is 22.2. The van der Waals surface area contributed by atoms with E-state index in [4.69, 9.17) is 9.47 Å². The van der Waals surface area contributed by atoms with E-state index in [0.717, 1.165) is 43.0 Å². The third kappa shape index (κ3) is 7.06. The summed E-state index contributed by atoms with van der Waals surface area (Å²) in [5.41, 5.74) is 1.95. The number of benzene rings is 1. The van der Waals surface area contributed by atoms with E-state index >= 15 is 0 Å². The van der Waals surface area contributed by atoms with Crippen molar-refractivity contribution in [3.05, 3.63) is 29.8 Å². The number of aryl methyl sites for hydroxylation is 1. The molecule has 3 fully saturated rings. The number of hydrogen-bond acceptors (Lipinski definition) is 2. The lowest BCUT2D eigenvalue weighted by Crippen LogP contribution is -2.47. The lowest BCUT2D eigenvalue weighted by atomic mass is 9.50. The standard InChI is InChI=1S/C33H54O2/c1-3-27-22-24-31(25-23-27)35-32(34-4-2)21-14-26-33(28-15-8-5-9-16-28,29-17-10-6-11-18-29)30-19-12-7-13-20-30/h22-25,28-30,32H,3-21,26H2,1-2H3. The zero-order valence-electron chi connectivity index (χ0n) is 23.1. The first-order chi connectivity index (χ1) is 17.3. The van der Waals surface area contributed by atoms with E-state index in [9.17, 15) is 0 Å². The molecule has 4 rings (SSSR count). The molecule has 1 aromatic carbocycles. The maximum absolute atomic E-state index is 6.38. The number of rotatable bonds is 12. The number of ether oxygens (including phenoxy) is 2. The zero-order valence-corrected chi connectivity index (χ0v) is 23.1. The Labute approximate surface area is 216 Å². The van der Waals surface area contributed by atoms with Crippen molar-refractivity contribution in [2.45, 2.75) is 142 Å². The largest absolute Gasteiger partial charge is 0.465 e. The SMILES string of the molecule is CCOC(CCCC(C1CCCCC1)(C1CCCCC1)C1CCCCC1)Oc1ccc(CC)cc1. The highest BCUT2D eigenvalue weighted by Gasteiger charge is 2.49. The molecule has 0 amide bonds. The van der Waals surface area contributed by atoms with Crippen LogP contribution < -0.4 is 4.74 Å². The minimum atomic E-state index is -0.116. The van der Waals surface area contributed by atoms with E-state index in [0.29, 0.717) is 5.41 Å².